The molecule has 0 atom stereocenters. The van der Waals surface area contributed by atoms with Crippen LogP contribution in [0.3, 0.4) is 0 Å². The lowest BCUT2D eigenvalue weighted by molar-refractivity contribution is -0.384. The van der Waals surface area contributed by atoms with Crippen molar-refractivity contribution < 1.29 is 14.5 Å². The topological polar surface area (TPSA) is 85.6 Å². The van der Waals surface area contributed by atoms with Crippen molar-refractivity contribution in [3.63, 3.8) is 0 Å². The summed E-state index contributed by atoms with van der Waals surface area (Å²) in [6.07, 6.45) is 4.65. The number of carbonyl (C=O) groups is 1. The van der Waals surface area contributed by atoms with E-state index < -0.39 is 4.92 Å². The largest absolute Gasteiger partial charge is 0.470 e. The fraction of sp³-hybridized carbons (Fsp3) is 0.176. The van der Waals surface area contributed by atoms with Crippen LogP contribution in [0.15, 0.2) is 53.1 Å². The van der Waals surface area contributed by atoms with E-state index >= 15 is 0 Å². The average Bonchev–Trinajstić information content (AvgIpc) is 2.57. The monoisotopic (exact) mass is 403 g/mol. The highest BCUT2D eigenvalue weighted by Gasteiger charge is 2.31. The second-order valence-corrected chi connectivity index (χ2v) is 6.31. The molecule has 7 nitrogen and oxygen atoms in total. The molecule has 1 amide bonds. The molecule has 2 heterocycles. The number of carbonyl (C=O) groups excluding carboxylic acids is 1. The number of nitro benzene ring substituents is 1. The molecular weight excluding hydrogens is 390 g/mol. The van der Waals surface area contributed by atoms with Gasteiger partial charge in [0.1, 0.15) is 6.10 Å². The number of ether oxygens (including phenoxy) is 1. The summed E-state index contributed by atoms with van der Waals surface area (Å²) in [5.41, 5.74) is 0.747. The predicted octanol–water partition coefficient (Wildman–Crippen LogP) is 3.06. The Morgan fingerprint density at radius 2 is 2.04 bits per heavy atom. The first-order valence-electron chi connectivity index (χ1n) is 7.51. The summed E-state index contributed by atoms with van der Waals surface area (Å²) < 4.78 is 6.50. The fourth-order valence-corrected chi connectivity index (χ4v) is 2.64. The second-order valence-electron chi connectivity index (χ2n) is 5.46. The number of likely N-dealkylation sites (tertiary alicyclic amines) is 1. The van der Waals surface area contributed by atoms with E-state index in [0.717, 1.165) is 10.0 Å². The number of hydrogen-bond donors (Lipinski definition) is 0. The number of aromatic nitrogens is 1. The molecule has 0 bridgehead atoms. The molecule has 1 saturated heterocycles. The van der Waals surface area contributed by atoms with Crippen LogP contribution in [0.2, 0.25) is 0 Å². The first-order chi connectivity index (χ1) is 12.0. The lowest BCUT2D eigenvalue weighted by Gasteiger charge is -2.38. The number of halogens is 1. The minimum atomic E-state index is -0.460. The van der Waals surface area contributed by atoms with Gasteiger partial charge in [-0.2, -0.15) is 0 Å². The summed E-state index contributed by atoms with van der Waals surface area (Å²) in [7, 11) is 0. The summed E-state index contributed by atoms with van der Waals surface area (Å²) in [5.74, 6) is 0.388. The third-order valence-corrected chi connectivity index (χ3v) is 4.29. The number of non-ortho nitro benzene ring substituents is 1. The molecule has 0 unspecified atom stereocenters. The summed E-state index contributed by atoms with van der Waals surface area (Å²) in [6, 6.07) is 9.66. The van der Waals surface area contributed by atoms with Gasteiger partial charge < -0.3 is 9.64 Å². The number of amides is 1. The van der Waals surface area contributed by atoms with Crippen molar-refractivity contribution in [2.75, 3.05) is 13.1 Å². The Bertz CT molecular complexity index is 817. The maximum Gasteiger partial charge on any atom is 0.269 e. The Labute approximate surface area is 152 Å². The summed E-state index contributed by atoms with van der Waals surface area (Å²) >= 11 is 3.37. The van der Waals surface area contributed by atoms with E-state index in [0.29, 0.717) is 19.0 Å². The Morgan fingerprint density at radius 3 is 2.68 bits per heavy atom. The quantitative estimate of drug-likeness (QED) is 0.435. The molecule has 25 heavy (non-hydrogen) atoms. The van der Waals surface area contributed by atoms with Crippen LogP contribution in [0.25, 0.3) is 6.08 Å². The number of rotatable bonds is 5. The molecule has 0 aliphatic carbocycles. The SMILES string of the molecule is O=C(/C=C/c1ccc([N+](=O)[O-])cc1)N1CC(Oc2ncccc2Br)C1. The van der Waals surface area contributed by atoms with Crippen LogP contribution in [0.5, 0.6) is 5.88 Å². The molecule has 0 saturated carbocycles. The number of benzene rings is 1. The van der Waals surface area contributed by atoms with Crippen molar-refractivity contribution in [2.24, 2.45) is 0 Å². The smallest absolute Gasteiger partial charge is 0.269 e. The average molecular weight is 404 g/mol. The molecule has 0 N–H and O–H groups in total. The highest BCUT2D eigenvalue weighted by molar-refractivity contribution is 9.10. The number of nitrogens with zero attached hydrogens (tertiary/aromatic N) is 3. The predicted molar refractivity (Wildman–Crippen MR) is 95.1 cm³/mol. The van der Waals surface area contributed by atoms with Crippen molar-refractivity contribution in [2.45, 2.75) is 6.10 Å². The zero-order valence-corrected chi connectivity index (χ0v) is 14.6. The van der Waals surface area contributed by atoms with Crippen LogP contribution in [0.4, 0.5) is 5.69 Å². The van der Waals surface area contributed by atoms with E-state index in [1.165, 1.54) is 18.2 Å². The van der Waals surface area contributed by atoms with E-state index in [1.807, 2.05) is 6.07 Å². The van der Waals surface area contributed by atoms with Crippen LogP contribution in [0.1, 0.15) is 5.56 Å². The van der Waals surface area contributed by atoms with Crippen LogP contribution in [-0.2, 0) is 4.79 Å². The third-order valence-electron chi connectivity index (χ3n) is 3.68. The Hall–Kier alpha value is -2.74. The van der Waals surface area contributed by atoms with Gasteiger partial charge in [0, 0.05) is 24.4 Å². The molecule has 1 aliphatic heterocycles. The molecule has 3 rings (SSSR count). The molecular formula is C17H14BrN3O4. The summed E-state index contributed by atoms with van der Waals surface area (Å²) in [6.45, 7) is 0.985. The van der Waals surface area contributed by atoms with Gasteiger partial charge in [0.15, 0.2) is 0 Å². The van der Waals surface area contributed by atoms with Crippen molar-refractivity contribution >= 4 is 33.6 Å². The summed E-state index contributed by atoms with van der Waals surface area (Å²) in [4.78, 5) is 28.0. The summed E-state index contributed by atoms with van der Waals surface area (Å²) in [5, 5.41) is 10.6. The first kappa shape index (κ1) is 17.1. The van der Waals surface area contributed by atoms with Gasteiger partial charge >= 0.3 is 0 Å². The van der Waals surface area contributed by atoms with E-state index in [2.05, 4.69) is 20.9 Å². The molecule has 1 fully saturated rings. The zero-order chi connectivity index (χ0) is 17.8. The van der Waals surface area contributed by atoms with Crippen molar-refractivity contribution in [3.8, 4) is 5.88 Å². The van der Waals surface area contributed by atoms with E-state index in [4.69, 9.17) is 4.74 Å². The molecule has 0 spiro atoms. The maximum atomic E-state index is 12.1. The highest BCUT2D eigenvalue weighted by atomic mass is 79.9. The first-order valence-corrected chi connectivity index (χ1v) is 8.31. The van der Waals surface area contributed by atoms with Crippen LogP contribution in [0, 0.1) is 10.1 Å². The van der Waals surface area contributed by atoms with Gasteiger partial charge in [-0.1, -0.05) is 0 Å². The van der Waals surface area contributed by atoms with Gasteiger partial charge in [-0.05, 0) is 51.8 Å². The standard InChI is InChI=1S/C17H14BrN3O4/c18-15-2-1-9-19-17(15)25-14-10-20(11-14)16(22)8-5-12-3-6-13(7-4-12)21(23)24/h1-9,14H,10-11H2/b8-5+. The maximum absolute atomic E-state index is 12.1. The molecule has 1 aromatic carbocycles. The lowest BCUT2D eigenvalue weighted by atomic mass is 10.1. The van der Waals surface area contributed by atoms with Gasteiger partial charge in [0.2, 0.25) is 11.8 Å². The second kappa shape index (κ2) is 7.43. The molecule has 8 heteroatoms. The molecule has 2 aromatic rings. The zero-order valence-electron chi connectivity index (χ0n) is 13.0. The number of nitro groups is 1. The molecule has 1 aliphatic rings. The van der Waals surface area contributed by atoms with E-state index in [1.54, 1.807) is 35.4 Å². The van der Waals surface area contributed by atoms with Crippen molar-refractivity contribution in [1.29, 1.82) is 0 Å². The van der Waals surface area contributed by atoms with Gasteiger partial charge in [-0.3, -0.25) is 14.9 Å². The molecule has 0 radical (unpaired) electrons. The number of hydrogen-bond acceptors (Lipinski definition) is 5. The number of pyridine rings is 1. The van der Waals surface area contributed by atoms with Gasteiger partial charge in [0.25, 0.3) is 5.69 Å². The normalized spacial score (nSPS) is 14.4. The highest BCUT2D eigenvalue weighted by Crippen LogP contribution is 2.24. The fourth-order valence-electron chi connectivity index (χ4n) is 2.29. The van der Waals surface area contributed by atoms with Crippen LogP contribution < -0.4 is 4.74 Å². The minimum absolute atomic E-state index is 0.0203. The molecule has 128 valence electrons. The van der Waals surface area contributed by atoms with E-state index in [9.17, 15) is 14.9 Å². The van der Waals surface area contributed by atoms with Crippen LogP contribution in [-0.4, -0.2) is 39.9 Å². The molecule has 1 aromatic heterocycles. The van der Waals surface area contributed by atoms with Crippen LogP contribution >= 0.6 is 15.9 Å². The van der Waals surface area contributed by atoms with E-state index in [-0.39, 0.29) is 17.7 Å². The Balaban J connectivity index is 1.50. The Morgan fingerprint density at radius 1 is 1.32 bits per heavy atom. The van der Waals surface area contributed by atoms with Gasteiger partial charge in [-0.25, -0.2) is 4.98 Å². The third kappa shape index (κ3) is 4.21. The Kier molecular flexibility index (Phi) is 5.08. The lowest BCUT2D eigenvalue weighted by Crippen LogP contribution is -2.55. The van der Waals surface area contributed by atoms with Crippen molar-refractivity contribution in [1.82, 2.24) is 9.88 Å². The minimum Gasteiger partial charge on any atom is -0.470 e. The van der Waals surface area contributed by atoms with Crippen molar-refractivity contribution in [3.05, 3.63) is 68.8 Å². The van der Waals surface area contributed by atoms with Gasteiger partial charge in [0.05, 0.1) is 22.5 Å². The van der Waals surface area contributed by atoms with Gasteiger partial charge in [-0.15, -0.1) is 0 Å².